The number of rotatable bonds is 6. The largest absolute Gasteiger partial charge is 0.340 e. The van der Waals surface area contributed by atoms with Gasteiger partial charge in [-0.05, 0) is 49.4 Å². The summed E-state index contributed by atoms with van der Waals surface area (Å²) in [6.45, 7) is 2.92. The lowest BCUT2D eigenvalue weighted by molar-refractivity contribution is -0.114. The van der Waals surface area contributed by atoms with E-state index in [4.69, 9.17) is 0 Å². The number of carbonyl (C=O) groups excluding carboxylic acids is 3. The summed E-state index contributed by atoms with van der Waals surface area (Å²) < 4.78 is 0. The minimum Gasteiger partial charge on any atom is -0.340 e. The predicted octanol–water partition coefficient (Wildman–Crippen LogP) is 4.24. The van der Waals surface area contributed by atoms with E-state index in [1.54, 1.807) is 48.5 Å². The van der Waals surface area contributed by atoms with E-state index in [0.29, 0.717) is 28.3 Å². The molecule has 2 amide bonds. The summed E-state index contributed by atoms with van der Waals surface area (Å²) in [5, 5.41) is 8.59. The molecular formula is C22H20N4O3. The summed E-state index contributed by atoms with van der Waals surface area (Å²) in [4.78, 5) is 39.3. The standard InChI is InChI=1S/C22H20N4O3/c1-14(27)16-5-3-6-18(11-16)26-22(29)17-9-10-21(23-13-17)25-20-8-4-7-19(12-20)24-15(2)28/h3-13H,1-2H3,(H,23,25)(H,24,28)(H,26,29). The van der Waals surface area contributed by atoms with Crippen LogP contribution in [0.2, 0.25) is 0 Å². The van der Waals surface area contributed by atoms with Gasteiger partial charge in [-0.2, -0.15) is 0 Å². The molecule has 3 N–H and O–H groups in total. The first-order chi connectivity index (χ1) is 13.9. The SMILES string of the molecule is CC(=O)Nc1cccc(Nc2ccc(C(=O)Nc3cccc(C(C)=O)c3)cn2)c1. The lowest BCUT2D eigenvalue weighted by Gasteiger charge is -2.09. The van der Waals surface area contributed by atoms with Crippen molar-refractivity contribution in [1.29, 1.82) is 0 Å². The number of hydrogen-bond acceptors (Lipinski definition) is 5. The molecule has 0 aliphatic carbocycles. The maximum Gasteiger partial charge on any atom is 0.257 e. The maximum absolute atomic E-state index is 12.4. The second kappa shape index (κ2) is 8.79. The summed E-state index contributed by atoms with van der Waals surface area (Å²) in [5.74, 6) is 0.0164. The molecule has 1 heterocycles. The normalized spacial score (nSPS) is 10.1. The van der Waals surface area contributed by atoms with Gasteiger partial charge in [0, 0.05) is 35.7 Å². The number of ketones is 1. The maximum atomic E-state index is 12.4. The van der Waals surface area contributed by atoms with Crippen molar-refractivity contribution in [1.82, 2.24) is 4.98 Å². The Kier molecular flexibility index (Phi) is 5.99. The topological polar surface area (TPSA) is 100 Å². The van der Waals surface area contributed by atoms with Crippen LogP contribution in [0, 0.1) is 0 Å². The molecule has 0 saturated carbocycles. The lowest BCUT2D eigenvalue weighted by Crippen LogP contribution is -2.12. The number of hydrogen-bond donors (Lipinski definition) is 3. The summed E-state index contributed by atoms with van der Waals surface area (Å²) in [5.41, 5.74) is 2.88. The highest BCUT2D eigenvalue weighted by molar-refractivity contribution is 6.05. The molecule has 0 bridgehead atoms. The number of benzene rings is 2. The number of carbonyl (C=O) groups is 3. The molecule has 0 spiro atoms. The average Bonchev–Trinajstić information content (AvgIpc) is 2.68. The highest BCUT2D eigenvalue weighted by atomic mass is 16.2. The highest BCUT2D eigenvalue weighted by Crippen LogP contribution is 2.19. The molecule has 7 nitrogen and oxygen atoms in total. The molecule has 0 fully saturated rings. The molecule has 1 aromatic heterocycles. The number of aromatic nitrogens is 1. The van der Waals surface area contributed by atoms with Crippen LogP contribution >= 0.6 is 0 Å². The van der Waals surface area contributed by atoms with Crippen LogP contribution in [0.1, 0.15) is 34.6 Å². The zero-order chi connectivity index (χ0) is 20.8. The van der Waals surface area contributed by atoms with Gasteiger partial charge < -0.3 is 16.0 Å². The van der Waals surface area contributed by atoms with Gasteiger partial charge in [0.25, 0.3) is 5.91 Å². The quantitative estimate of drug-likeness (QED) is 0.549. The molecule has 3 rings (SSSR count). The summed E-state index contributed by atoms with van der Waals surface area (Å²) >= 11 is 0. The van der Waals surface area contributed by atoms with Gasteiger partial charge in [-0.25, -0.2) is 4.98 Å². The van der Waals surface area contributed by atoms with Gasteiger partial charge >= 0.3 is 0 Å². The van der Waals surface area contributed by atoms with Crippen molar-refractivity contribution >= 4 is 40.5 Å². The lowest BCUT2D eigenvalue weighted by atomic mass is 10.1. The van der Waals surface area contributed by atoms with Crippen LogP contribution in [0.4, 0.5) is 22.9 Å². The van der Waals surface area contributed by atoms with E-state index < -0.39 is 0 Å². The first kappa shape index (κ1) is 19.8. The molecular weight excluding hydrogens is 368 g/mol. The monoisotopic (exact) mass is 388 g/mol. The zero-order valence-electron chi connectivity index (χ0n) is 16.0. The van der Waals surface area contributed by atoms with E-state index in [1.807, 2.05) is 12.1 Å². The number of amides is 2. The van der Waals surface area contributed by atoms with Crippen molar-refractivity contribution in [3.05, 3.63) is 78.0 Å². The van der Waals surface area contributed by atoms with Gasteiger partial charge in [-0.3, -0.25) is 14.4 Å². The third kappa shape index (κ3) is 5.49. The Bertz CT molecular complexity index is 1060. The Hall–Kier alpha value is -4.00. The second-order valence-electron chi connectivity index (χ2n) is 6.41. The van der Waals surface area contributed by atoms with Crippen molar-refractivity contribution in [2.24, 2.45) is 0 Å². The molecule has 7 heteroatoms. The van der Waals surface area contributed by atoms with Crippen molar-refractivity contribution in [3.63, 3.8) is 0 Å². The smallest absolute Gasteiger partial charge is 0.257 e. The van der Waals surface area contributed by atoms with Gasteiger partial charge in [-0.15, -0.1) is 0 Å². The van der Waals surface area contributed by atoms with Crippen LogP contribution in [-0.2, 0) is 4.79 Å². The number of pyridine rings is 1. The van der Waals surface area contributed by atoms with E-state index >= 15 is 0 Å². The van der Waals surface area contributed by atoms with Crippen LogP contribution < -0.4 is 16.0 Å². The zero-order valence-corrected chi connectivity index (χ0v) is 16.0. The highest BCUT2D eigenvalue weighted by Gasteiger charge is 2.08. The van der Waals surface area contributed by atoms with E-state index in [-0.39, 0.29) is 17.6 Å². The van der Waals surface area contributed by atoms with Crippen molar-refractivity contribution in [3.8, 4) is 0 Å². The number of Topliss-reactive ketones (excluding diaryl/α,β-unsaturated/α-hetero) is 1. The molecule has 0 saturated heterocycles. The Morgan fingerprint density at radius 2 is 1.45 bits per heavy atom. The predicted molar refractivity (Wildman–Crippen MR) is 113 cm³/mol. The fraction of sp³-hybridized carbons (Fsp3) is 0.0909. The minimum atomic E-state index is -0.322. The molecule has 0 radical (unpaired) electrons. The molecule has 0 aliphatic rings. The first-order valence-electron chi connectivity index (χ1n) is 8.94. The molecule has 29 heavy (non-hydrogen) atoms. The molecule has 2 aromatic carbocycles. The first-order valence-corrected chi connectivity index (χ1v) is 8.94. The van der Waals surface area contributed by atoms with Gasteiger partial charge in [0.2, 0.25) is 5.91 Å². The summed E-state index contributed by atoms with van der Waals surface area (Å²) in [7, 11) is 0. The molecule has 0 unspecified atom stereocenters. The van der Waals surface area contributed by atoms with Gasteiger partial charge in [0.1, 0.15) is 5.82 Å². The number of nitrogens with zero attached hydrogens (tertiary/aromatic N) is 1. The van der Waals surface area contributed by atoms with Crippen LogP contribution in [0.3, 0.4) is 0 Å². The third-order valence-corrected chi connectivity index (χ3v) is 4.01. The Morgan fingerprint density at radius 3 is 2.10 bits per heavy atom. The van der Waals surface area contributed by atoms with E-state index in [0.717, 1.165) is 5.69 Å². The van der Waals surface area contributed by atoms with E-state index in [1.165, 1.54) is 20.0 Å². The van der Waals surface area contributed by atoms with E-state index in [2.05, 4.69) is 20.9 Å². The Balaban J connectivity index is 1.67. The Labute approximate surface area is 168 Å². The fourth-order valence-corrected chi connectivity index (χ4v) is 2.65. The molecule has 0 atom stereocenters. The van der Waals surface area contributed by atoms with Gasteiger partial charge in [0.05, 0.1) is 5.56 Å². The van der Waals surface area contributed by atoms with Crippen molar-refractivity contribution in [2.75, 3.05) is 16.0 Å². The number of nitrogens with one attached hydrogen (secondary N) is 3. The summed E-state index contributed by atoms with van der Waals surface area (Å²) in [6, 6.07) is 17.3. The fourth-order valence-electron chi connectivity index (χ4n) is 2.65. The van der Waals surface area contributed by atoms with Crippen molar-refractivity contribution < 1.29 is 14.4 Å². The minimum absolute atomic E-state index is 0.0687. The van der Waals surface area contributed by atoms with Crippen LogP contribution in [0.25, 0.3) is 0 Å². The van der Waals surface area contributed by atoms with Crippen LogP contribution in [-0.4, -0.2) is 22.6 Å². The Morgan fingerprint density at radius 1 is 0.759 bits per heavy atom. The van der Waals surface area contributed by atoms with Gasteiger partial charge in [0.15, 0.2) is 5.78 Å². The number of anilines is 4. The van der Waals surface area contributed by atoms with Crippen molar-refractivity contribution in [2.45, 2.75) is 13.8 Å². The van der Waals surface area contributed by atoms with Gasteiger partial charge in [-0.1, -0.05) is 18.2 Å². The summed E-state index contributed by atoms with van der Waals surface area (Å²) in [6.07, 6.45) is 1.46. The van der Waals surface area contributed by atoms with Crippen LogP contribution in [0.15, 0.2) is 66.9 Å². The van der Waals surface area contributed by atoms with E-state index in [9.17, 15) is 14.4 Å². The van der Waals surface area contributed by atoms with Crippen LogP contribution in [0.5, 0.6) is 0 Å². The molecule has 0 aliphatic heterocycles. The molecule has 146 valence electrons. The second-order valence-corrected chi connectivity index (χ2v) is 6.41. The average molecular weight is 388 g/mol. The third-order valence-electron chi connectivity index (χ3n) is 4.01. The molecule has 3 aromatic rings.